The van der Waals surface area contributed by atoms with E-state index in [4.69, 9.17) is 4.74 Å². The molecule has 0 unspecified atom stereocenters. The third-order valence-corrected chi connectivity index (χ3v) is 3.29. The maximum atomic E-state index is 10.9. The van der Waals surface area contributed by atoms with E-state index >= 15 is 0 Å². The van der Waals surface area contributed by atoms with Crippen LogP contribution in [0.1, 0.15) is 18.5 Å². The van der Waals surface area contributed by atoms with Gasteiger partial charge >= 0.3 is 5.97 Å². The molecule has 112 valence electrons. The van der Waals surface area contributed by atoms with Crippen LogP contribution in [0.2, 0.25) is 0 Å². The van der Waals surface area contributed by atoms with Gasteiger partial charge < -0.3 is 15.2 Å². The van der Waals surface area contributed by atoms with Crippen LogP contribution in [0.15, 0.2) is 24.3 Å². The molecule has 1 aliphatic heterocycles. The summed E-state index contributed by atoms with van der Waals surface area (Å²) in [5.41, 5.74) is 1.04. The van der Waals surface area contributed by atoms with E-state index in [-0.39, 0.29) is 31.0 Å². The topological polar surface area (TPSA) is 61.8 Å². The van der Waals surface area contributed by atoms with Gasteiger partial charge in [0.05, 0.1) is 12.6 Å². The zero-order valence-corrected chi connectivity index (χ0v) is 12.4. The van der Waals surface area contributed by atoms with Crippen LogP contribution in [-0.4, -0.2) is 48.8 Å². The molecule has 5 nitrogen and oxygen atoms in total. The molecule has 1 aromatic carbocycles. The average Bonchev–Trinajstić information content (AvgIpc) is 2.42. The summed E-state index contributed by atoms with van der Waals surface area (Å²) < 4.78 is 5.00. The quantitative estimate of drug-likeness (QED) is 0.641. The molecule has 0 aromatic heterocycles. The number of rotatable bonds is 4. The molecule has 1 aromatic rings. The van der Waals surface area contributed by atoms with Gasteiger partial charge in [0.1, 0.15) is 5.75 Å². The van der Waals surface area contributed by atoms with Crippen molar-refractivity contribution in [3.05, 3.63) is 29.8 Å². The van der Waals surface area contributed by atoms with E-state index in [0.29, 0.717) is 5.75 Å². The molecule has 1 aliphatic rings. The minimum Gasteiger partial charge on any atom is -0.427 e. The second-order valence-corrected chi connectivity index (χ2v) is 4.65. The number of aliphatic hydroxyl groups is 1. The summed E-state index contributed by atoms with van der Waals surface area (Å²) in [4.78, 5) is 13.1. The molecular formula is C14H21ClN2O3. The Morgan fingerprint density at radius 2 is 1.95 bits per heavy atom. The third-order valence-electron chi connectivity index (χ3n) is 3.29. The second kappa shape index (κ2) is 8.21. The third kappa shape index (κ3) is 4.45. The van der Waals surface area contributed by atoms with Crippen molar-refractivity contribution in [2.75, 3.05) is 32.8 Å². The van der Waals surface area contributed by atoms with E-state index in [2.05, 4.69) is 10.2 Å². The van der Waals surface area contributed by atoms with Gasteiger partial charge in [0.25, 0.3) is 0 Å². The fourth-order valence-corrected chi connectivity index (χ4v) is 2.35. The fourth-order valence-electron chi connectivity index (χ4n) is 2.35. The van der Waals surface area contributed by atoms with E-state index in [9.17, 15) is 9.90 Å². The van der Waals surface area contributed by atoms with Gasteiger partial charge in [-0.1, -0.05) is 12.1 Å². The number of ether oxygens (including phenoxy) is 1. The molecule has 0 amide bonds. The first-order valence-corrected chi connectivity index (χ1v) is 6.54. The first kappa shape index (κ1) is 16.9. The van der Waals surface area contributed by atoms with Crippen LogP contribution in [0.3, 0.4) is 0 Å². The van der Waals surface area contributed by atoms with Gasteiger partial charge in [-0.15, -0.1) is 12.4 Å². The first-order valence-electron chi connectivity index (χ1n) is 6.54. The number of piperazine rings is 1. The van der Waals surface area contributed by atoms with E-state index in [0.717, 1.165) is 31.7 Å². The fraction of sp³-hybridized carbons (Fsp3) is 0.500. The van der Waals surface area contributed by atoms with Crippen LogP contribution in [0, 0.1) is 0 Å². The molecule has 20 heavy (non-hydrogen) atoms. The van der Waals surface area contributed by atoms with E-state index < -0.39 is 0 Å². The van der Waals surface area contributed by atoms with Crippen molar-refractivity contribution < 1.29 is 14.6 Å². The van der Waals surface area contributed by atoms with Gasteiger partial charge in [0.15, 0.2) is 0 Å². The highest BCUT2D eigenvalue weighted by Gasteiger charge is 2.21. The lowest BCUT2D eigenvalue weighted by molar-refractivity contribution is -0.131. The number of nitrogens with zero attached hydrogens (tertiary/aromatic N) is 1. The number of esters is 1. The van der Waals surface area contributed by atoms with Crippen molar-refractivity contribution in [1.29, 1.82) is 0 Å². The smallest absolute Gasteiger partial charge is 0.308 e. The van der Waals surface area contributed by atoms with Gasteiger partial charge in [-0.2, -0.15) is 0 Å². The predicted molar refractivity (Wildman–Crippen MR) is 79.3 cm³/mol. The van der Waals surface area contributed by atoms with E-state index in [1.165, 1.54) is 6.92 Å². The van der Waals surface area contributed by atoms with Crippen molar-refractivity contribution in [1.82, 2.24) is 10.2 Å². The lowest BCUT2D eigenvalue weighted by atomic mass is 10.1. The number of hydrogen-bond acceptors (Lipinski definition) is 5. The standard InChI is InChI=1S/C14H20N2O3.ClH/c1-11(18)19-13-4-2-12(3-5-13)14(10-17)16-8-6-15-7-9-16;/h2-5,14-15,17H,6-10H2,1H3;1H/t14-;/m0./s1. The molecule has 0 saturated carbocycles. The van der Waals surface area contributed by atoms with Crippen LogP contribution in [0.25, 0.3) is 0 Å². The van der Waals surface area contributed by atoms with E-state index in [1.807, 2.05) is 12.1 Å². The average molecular weight is 301 g/mol. The Bertz CT molecular complexity index is 419. The molecule has 1 fully saturated rings. The summed E-state index contributed by atoms with van der Waals surface area (Å²) in [6, 6.07) is 7.35. The normalized spacial score (nSPS) is 17.1. The molecule has 0 radical (unpaired) electrons. The molecule has 0 spiro atoms. The summed E-state index contributed by atoms with van der Waals surface area (Å²) >= 11 is 0. The van der Waals surface area contributed by atoms with Crippen LogP contribution >= 0.6 is 12.4 Å². The maximum Gasteiger partial charge on any atom is 0.308 e. The van der Waals surface area contributed by atoms with Gasteiger partial charge in [-0.3, -0.25) is 9.69 Å². The minimum atomic E-state index is -0.325. The highest BCUT2D eigenvalue weighted by atomic mass is 35.5. The van der Waals surface area contributed by atoms with Crippen molar-refractivity contribution >= 4 is 18.4 Å². The Hall–Kier alpha value is -1.14. The van der Waals surface area contributed by atoms with Crippen molar-refractivity contribution in [3.8, 4) is 5.75 Å². The SMILES string of the molecule is CC(=O)Oc1ccc([C@H](CO)N2CCNCC2)cc1.Cl. The van der Waals surface area contributed by atoms with Gasteiger partial charge in [-0.05, 0) is 17.7 Å². The summed E-state index contributed by atoms with van der Waals surface area (Å²) in [7, 11) is 0. The zero-order valence-electron chi connectivity index (χ0n) is 11.5. The molecule has 0 bridgehead atoms. The largest absolute Gasteiger partial charge is 0.427 e. The van der Waals surface area contributed by atoms with Crippen molar-refractivity contribution in [2.24, 2.45) is 0 Å². The predicted octanol–water partition coefficient (Wildman–Crippen LogP) is 0.972. The van der Waals surface area contributed by atoms with Crippen LogP contribution in [0.5, 0.6) is 5.75 Å². The molecule has 6 heteroatoms. The van der Waals surface area contributed by atoms with Crippen LogP contribution < -0.4 is 10.1 Å². The Kier molecular flexibility index (Phi) is 6.95. The maximum absolute atomic E-state index is 10.9. The molecule has 1 saturated heterocycles. The second-order valence-electron chi connectivity index (χ2n) is 4.65. The summed E-state index contributed by atoms with van der Waals surface area (Å²) in [6.07, 6.45) is 0. The number of hydrogen-bond donors (Lipinski definition) is 2. The zero-order chi connectivity index (χ0) is 13.7. The Balaban J connectivity index is 0.00000200. The van der Waals surface area contributed by atoms with Crippen LogP contribution in [-0.2, 0) is 4.79 Å². The first-order chi connectivity index (χ1) is 9.20. The number of halogens is 1. The lowest BCUT2D eigenvalue weighted by Gasteiger charge is -2.34. The highest BCUT2D eigenvalue weighted by molar-refractivity contribution is 5.85. The molecular weight excluding hydrogens is 280 g/mol. The highest BCUT2D eigenvalue weighted by Crippen LogP contribution is 2.23. The Labute approximate surface area is 125 Å². The number of aliphatic hydroxyl groups excluding tert-OH is 1. The van der Waals surface area contributed by atoms with Gasteiger partial charge in [0, 0.05) is 33.1 Å². The molecule has 1 atom stereocenters. The number of carbonyl (C=O) groups excluding carboxylic acids is 1. The van der Waals surface area contributed by atoms with Crippen molar-refractivity contribution in [3.63, 3.8) is 0 Å². The molecule has 0 aliphatic carbocycles. The summed E-state index contributed by atoms with van der Waals surface area (Å²) in [5.74, 6) is 0.210. The molecule has 2 N–H and O–H groups in total. The molecule has 2 rings (SSSR count). The Morgan fingerprint density at radius 3 is 2.45 bits per heavy atom. The van der Waals surface area contributed by atoms with E-state index in [1.54, 1.807) is 12.1 Å². The van der Waals surface area contributed by atoms with Crippen LogP contribution in [0.4, 0.5) is 0 Å². The Morgan fingerprint density at radius 1 is 1.35 bits per heavy atom. The van der Waals surface area contributed by atoms with Crippen molar-refractivity contribution in [2.45, 2.75) is 13.0 Å². The number of benzene rings is 1. The number of carbonyl (C=O) groups is 1. The summed E-state index contributed by atoms with van der Waals surface area (Å²) in [6.45, 7) is 5.22. The minimum absolute atomic E-state index is 0. The van der Waals surface area contributed by atoms with Gasteiger partial charge in [-0.25, -0.2) is 0 Å². The monoisotopic (exact) mass is 300 g/mol. The number of nitrogens with one attached hydrogen (secondary N) is 1. The summed E-state index contributed by atoms with van der Waals surface area (Å²) in [5, 5.41) is 12.9. The van der Waals surface area contributed by atoms with Gasteiger partial charge in [0.2, 0.25) is 0 Å². The lowest BCUT2D eigenvalue weighted by Crippen LogP contribution is -2.46. The molecule has 1 heterocycles.